The summed E-state index contributed by atoms with van der Waals surface area (Å²) in [5, 5.41) is 4.22. The molecule has 192 valence electrons. The minimum Gasteiger partial charge on any atom is -0.369 e. The van der Waals surface area contributed by atoms with Crippen LogP contribution in [0.2, 0.25) is 0 Å². The number of aromatic nitrogens is 2. The van der Waals surface area contributed by atoms with Crippen molar-refractivity contribution in [2.24, 2.45) is 0 Å². The highest BCUT2D eigenvalue weighted by molar-refractivity contribution is 7.99. The van der Waals surface area contributed by atoms with Crippen molar-refractivity contribution >= 4 is 41.4 Å². The summed E-state index contributed by atoms with van der Waals surface area (Å²) in [6, 6.07) is 5.93. The second-order valence-corrected chi connectivity index (χ2v) is 9.98. The Kier molecular flexibility index (Phi) is 8.40. The van der Waals surface area contributed by atoms with E-state index in [9.17, 15) is 18.0 Å². The molecule has 1 amide bonds. The fourth-order valence-corrected chi connectivity index (χ4v) is 5.18. The van der Waals surface area contributed by atoms with Crippen LogP contribution in [-0.4, -0.2) is 94.8 Å². The van der Waals surface area contributed by atoms with Gasteiger partial charge in [-0.25, -0.2) is 9.10 Å². The Hall–Kier alpha value is -2.09. The van der Waals surface area contributed by atoms with E-state index in [4.69, 9.17) is 0 Å². The predicted molar refractivity (Wildman–Crippen MR) is 136 cm³/mol. The number of amides is 1. The van der Waals surface area contributed by atoms with Gasteiger partial charge in [-0.05, 0) is 30.0 Å². The van der Waals surface area contributed by atoms with Gasteiger partial charge in [0.15, 0.2) is 5.82 Å². The van der Waals surface area contributed by atoms with Crippen molar-refractivity contribution in [1.29, 1.82) is 0 Å². The SMILES string of the molecule is CSNc1ccn(C(=O)N2CCN(Cc3cc(N4CCN(SC)CC4)cc(C(F)(F)F)c3)CC2)n1. The van der Waals surface area contributed by atoms with E-state index in [1.54, 1.807) is 29.1 Å². The third kappa shape index (κ3) is 6.57. The first-order valence-corrected chi connectivity index (χ1v) is 13.8. The number of piperazine rings is 2. The molecule has 35 heavy (non-hydrogen) atoms. The second kappa shape index (κ2) is 11.3. The summed E-state index contributed by atoms with van der Waals surface area (Å²) < 4.78 is 47.5. The molecule has 1 N–H and O–H groups in total. The lowest BCUT2D eigenvalue weighted by molar-refractivity contribution is -0.137. The van der Waals surface area contributed by atoms with Gasteiger partial charge in [-0.1, -0.05) is 23.9 Å². The van der Waals surface area contributed by atoms with Crippen LogP contribution in [0.15, 0.2) is 30.5 Å². The van der Waals surface area contributed by atoms with Gasteiger partial charge in [-0.2, -0.15) is 17.9 Å². The van der Waals surface area contributed by atoms with Crippen LogP contribution in [0.1, 0.15) is 11.1 Å². The Bertz CT molecular complexity index is 1000. The molecule has 0 bridgehead atoms. The maximum absolute atomic E-state index is 13.7. The third-order valence-electron chi connectivity index (χ3n) is 6.21. The van der Waals surface area contributed by atoms with Crippen LogP contribution < -0.4 is 9.62 Å². The smallest absolute Gasteiger partial charge is 0.369 e. The minimum absolute atomic E-state index is 0.204. The first-order valence-electron chi connectivity index (χ1n) is 11.4. The number of hydrogen-bond acceptors (Lipinski definition) is 8. The molecule has 0 saturated carbocycles. The van der Waals surface area contributed by atoms with Gasteiger partial charge >= 0.3 is 12.2 Å². The average Bonchev–Trinajstić information content (AvgIpc) is 3.32. The molecule has 3 heterocycles. The lowest BCUT2D eigenvalue weighted by Gasteiger charge is -2.36. The van der Waals surface area contributed by atoms with E-state index in [1.807, 2.05) is 23.5 Å². The second-order valence-electron chi connectivity index (χ2n) is 8.48. The number of alkyl halides is 3. The largest absolute Gasteiger partial charge is 0.416 e. The highest BCUT2D eigenvalue weighted by atomic mass is 32.2. The third-order valence-corrected chi connectivity index (χ3v) is 7.50. The maximum atomic E-state index is 13.7. The van der Waals surface area contributed by atoms with Gasteiger partial charge in [0.25, 0.3) is 0 Å². The molecule has 0 radical (unpaired) electrons. The Morgan fingerprint density at radius 2 is 1.74 bits per heavy atom. The Labute approximate surface area is 212 Å². The molecular weight excluding hydrogens is 499 g/mol. The molecule has 13 heteroatoms. The highest BCUT2D eigenvalue weighted by Gasteiger charge is 2.32. The first-order chi connectivity index (χ1) is 16.8. The van der Waals surface area contributed by atoms with Gasteiger partial charge in [-0.15, -0.1) is 5.10 Å². The van der Waals surface area contributed by atoms with Crippen molar-refractivity contribution in [3.8, 4) is 0 Å². The van der Waals surface area contributed by atoms with Crippen LogP contribution >= 0.6 is 23.9 Å². The average molecular weight is 530 g/mol. The number of rotatable bonds is 6. The summed E-state index contributed by atoms with van der Waals surface area (Å²) in [5.41, 5.74) is 0.652. The molecule has 8 nitrogen and oxygen atoms in total. The zero-order chi connectivity index (χ0) is 25.0. The van der Waals surface area contributed by atoms with Gasteiger partial charge in [0.2, 0.25) is 0 Å². The number of hydrogen-bond donors (Lipinski definition) is 1. The van der Waals surface area contributed by atoms with E-state index in [-0.39, 0.29) is 6.03 Å². The monoisotopic (exact) mass is 529 g/mol. The zero-order valence-corrected chi connectivity index (χ0v) is 21.4. The van der Waals surface area contributed by atoms with E-state index in [2.05, 4.69) is 19.0 Å². The number of halogens is 3. The van der Waals surface area contributed by atoms with Gasteiger partial charge in [0.1, 0.15) is 0 Å². The number of benzene rings is 1. The van der Waals surface area contributed by atoms with Crippen LogP contribution in [0.3, 0.4) is 0 Å². The summed E-state index contributed by atoms with van der Waals surface area (Å²) in [7, 11) is 0. The summed E-state index contributed by atoms with van der Waals surface area (Å²) in [5.74, 6) is 0.611. The number of nitrogens with zero attached hydrogens (tertiary/aromatic N) is 6. The zero-order valence-electron chi connectivity index (χ0n) is 19.8. The Balaban J connectivity index is 1.40. The number of carbonyl (C=O) groups excluding carboxylic acids is 1. The number of nitrogens with one attached hydrogen (secondary N) is 1. The van der Waals surface area contributed by atoms with Crippen molar-refractivity contribution in [3.05, 3.63) is 41.6 Å². The van der Waals surface area contributed by atoms with E-state index >= 15 is 0 Å². The van der Waals surface area contributed by atoms with Crippen LogP contribution in [0.4, 0.5) is 29.5 Å². The molecule has 1 aromatic heterocycles. The van der Waals surface area contributed by atoms with E-state index in [0.29, 0.717) is 62.9 Å². The molecule has 0 spiro atoms. The van der Waals surface area contributed by atoms with Crippen molar-refractivity contribution in [2.75, 3.05) is 74.5 Å². The normalized spacial score (nSPS) is 18.2. The Morgan fingerprint density at radius 1 is 1.03 bits per heavy atom. The number of anilines is 2. The van der Waals surface area contributed by atoms with Crippen molar-refractivity contribution in [1.82, 2.24) is 23.9 Å². The molecule has 0 unspecified atom stereocenters. The lowest BCUT2D eigenvalue weighted by Crippen LogP contribution is -2.49. The molecule has 2 aromatic rings. The van der Waals surface area contributed by atoms with Crippen LogP contribution in [-0.2, 0) is 12.7 Å². The van der Waals surface area contributed by atoms with Gasteiger partial charge in [0.05, 0.1) is 5.56 Å². The minimum atomic E-state index is -4.40. The molecule has 4 rings (SSSR count). The van der Waals surface area contributed by atoms with Gasteiger partial charge in [0, 0.05) is 83.1 Å². The van der Waals surface area contributed by atoms with Crippen LogP contribution in [0.25, 0.3) is 0 Å². The summed E-state index contributed by atoms with van der Waals surface area (Å²) in [4.78, 5) is 18.6. The maximum Gasteiger partial charge on any atom is 0.416 e. The Morgan fingerprint density at radius 3 is 2.37 bits per heavy atom. The van der Waals surface area contributed by atoms with Crippen LogP contribution in [0, 0.1) is 0 Å². The van der Waals surface area contributed by atoms with E-state index in [1.165, 1.54) is 28.8 Å². The molecule has 2 fully saturated rings. The van der Waals surface area contributed by atoms with Crippen molar-refractivity contribution in [3.63, 3.8) is 0 Å². The number of carbonyl (C=O) groups is 1. The van der Waals surface area contributed by atoms with Gasteiger partial charge < -0.3 is 14.5 Å². The summed E-state index contributed by atoms with van der Waals surface area (Å²) in [6.45, 7) is 5.59. The fourth-order valence-electron chi connectivity index (χ4n) is 4.33. The fraction of sp³-hybridized carbons (Fsp3) is 0.545. The van der Waals surface area contributed by atoms with Crippen molar-refractivity contribution < 1.29 is 18.0 Å². The van der Waals surface area contributed by atoms with Crippen molar-refractivity contribution in [2.45, 2.75) is 12.7 Å². The molecule has 1 aromatic carbocycles. The quantitative estimate of drug-likeness (QED) is 0.568. The molecule has 2 aliphatic rings. The summed E-state index contributed by atoms with van der Waals surface area (Å²) >= 11 is 3.06. The standard InChI is InChI=1S/C22H30F3N7OS2/c1-34-27-20-3-4-32(26-20)21(33)30-7-5-28(6-8-30)16-17-13-18(22(23,24)25)15-19(14-17)29-9-11-31(35-2)12-10-29/h3-4,13-15H,5-12,16H2,1-2H3,(H,26,27). The lowest BCUT2D eigenvalue weighted by atomic mass is 10.1. The first kappa shape index (κ1) is 26.0. The summed E-state index contributed by atoms with van der Waals surface area (Å²) in [6.07, 6.45) is 1.11. The topological polar surface area (TPSA) is 59.9 Å². The van der Waals surface area contributed by atoms with Gasteiger partial charge in [-0.3, -0.25) is 4.90 Å². The highest BCUT2D eigenvalue weighted by Crippen LogP contribution is 2.34. The molecule has 0 atom stereocenters. The van der Waals surface area contributed by atoms with E-state index in [0.717, 1.165) is 13.1 Å². The molecule has 2 aliphatic heterocycles. The molecular formula is C22H30F3N7OS2. The molecule has 0 aliphatic carbocycles. The molecule has 2 saturated heterocycles. The van der Waals surface area contributed by atoms with Crippen LogP contribution in [0.5, 0.6) is 0 Å². The predicted octanol–water partition coefficient (Wildman–Crippen LogP) is 3.78. The van der Waals surface area contributed by atoms with E-state index < -0.39 is 11.7 Å².